The summed E-state index contributed by atoms with van der Waals surface area (Å²) >= 11 is 0. The lowest BCUT2D eigenvalue weighted by molar-refractivity contribution is -0.274. The van der Waals surface area contributed by atoms with Crippen molar-refractivity contribution in [1.82, 2.24) is 10.2 Å². The number of halogens is 3. The minimum Gasteiger partial charge on any atom is -0.405 e. The van der Waals surface area contributed by atoms with Gasteiger partial charge in [-0.1, -0.05) is 18.2 Å². The van der Waals surface area contributed by atoms with Gasteiger partial charge in [0.2, 0.25) is 5.91 Å². The molecule has 1 N–H and O–H groups in total. The molecule has 1 aromatic rings. The molecule has 0 aromatic heterocycles. The molecule has 4 nitrogen and oxygen atoms in total. The Morgan fingerprint density at radius 1 is 1.22 bits per heavy atom. The van der Waals surface area contributed by atoms with Gasteiger partial charge in [-0.15, -0.1) is 13.2 Å². The van der Waals surface area contributed by atoms with E-state index in [1.54, 1.807) is 12.1 Å². The highest BCUT2D eigenvalue weighted by Crippen LogP contribution is 2.51. The van der Waals surface area contributed by atoms with E-state index >= 15 is 0 Å². The molecule has 126 valence electrons. The van der Waals surface area contributed by atoms with E-state index in [0.717, 1.165) is 19.5 Å². The lowest BCUT2D eigenvalue weighted by atomic mass is 10.1. The van der Waals surface area contributed by atoms with Gasteiger partial charge in [-0.25, -0.2) is 0 Å². The van der Waals surface area contributed by atoms with Gasteiger partial charge in [0.25, 0.3) is 0 Å². The van der Waals surface area contributed by atoms with Crippen LogP contribution in [0.4, 0.5) is 13.2 Å². The van der Waals surface area contributed by atoms with Crippen LogP contribution in [0.15, 0.2) is 24.3 Å². The standard InChI is InChI=1S/C16H19F3N2O2/c17-16(18,19)23-14-5-2-1-4-11(14)12-10-13(12)15(22)21-8-3-6-20-7-9-21/h1-2,4-5,12-13,20H,3,6-10H2/t12-,13+/m1/s1. The summed E-state index contributed by atoms with van der Waals surface area (Å²) < 4.78 is 41.6. The second-order valence-corrected chi connectivity index (χ2v) is 5.96. The van der Waals surface area contributed by atoms with Crippen molar-refractivity contribution < 1.29 is 22.7 Å². The molecule has 1 saturated heterocycles. The summed E-state index contributed by atoms with van der Waals surface area (Å²) in [6.07, 6.45) is -3.24. The topological polar surface area (TPSA) is 41.6 Å². The second kappa shape index (κ2) is 6.39. The highest BCUT2D eigenvalue weighted by atomic mass is 19.4. The summed E-state index contributed by atoms with van der Waals surface area (Å²) in [5, 5.41) is 3.23. The fourth-order valence-electron chi connectivity index (χ4n) is 3.12. The van der Waals surface area contributed by atoms with Crippen LogP contribution in [-0.4, -0.2) is 43.3 Å². The molecule has 23 heavy (non-hydrogen) atoms. The van der Waals surface area contributed by atoms with Crippen LogP contribution in [-0.2, 0) is 4.79 Å². The van der Waals surface area contributed by atoms with Crippen LogP contribution in [0, 0.1) is 5.92 Å². The maximum Gasteiger partial charge on any atom is 0.573 e. The summed E-state index contributed by atoms with van der Waals surface area (Å²) in [6, 6.07) is 6.10. The number of benzene rings is 1. The van der Waals surface area contributed by atoms with Crippen molar-refractivity contribution in [1.29, 1.82) is 0 Å². The van der Waals surface area contributed by atoms with Crippen LogP contribution in [0.3, 0.4) is 0 Å². The molecule has 2 aliphatic rings. The summed E-state index contributed by atoms with van der Waals surface area (Å²) in [6.45, 7) is 3.01. The first-order valence-electron chi connectivity index (χ1n) is 7.80. The number of hydrogen-bond acceptors (Lipinski definition) is 3. The monoisotopic (exact) mass is 328 g/mol. The maximum absolute atomic E-state index is 12.5. The zero-order valence-corrected chi connectivity index (χ0v) is 12.6. The number of alkyl halides is 3. The van der Waals surface area contributed by atoms with Crippen LogP contribution >= 0.6 is 0 Å². The van der Waals surface area contributed by atoms with E-state index in [4.69, 9.17) is 0 Å². The van der Waals surface area contributed by atoms with Crippen molar-refractivity contribution in [2.45, 2.75) is 25.1 Å². The normalized spacial score (nSPS) is 24.9. The van der Waals surface area contributed by atoms with Gasteiger partial charge in [0.15, 0.2) is 0 Å². The Morgan fingerprint density at radius 3 is 2.78 bits per heavy atom. The molecule has 0 radical (unpaired) electrons. The van der Waals surface area contributed by atoms with E-state index in [1.807, 2.05) is 4.90 Å². The predicted octanol–water partition coefficient (Wildman–Crippen LogP) is 2.51. The number of rotatable bonds is 3. The molecule has 2 fully saturated rings. The minimum atomic E-state index is -4.72. The van der Waals surface area contributed by atoms with Gasteiger partial charge in [-0.3, -0.25) is 4.79 Å². The minimum absolute atomic E-state index is 0.0421. The molecule has 0 spiro atoms. The third kappa shape index (κ3) is 3.96. The van der Waals surface area contributed by atoms with Gasteiger partial charge in [0.1, 0.15) is 5.75 Å². The Hall–Kier alpha value is -1.76. The molecule has 0 bridgehead atoms. The van der Waals surface area contributed by atoms with Gasteiger partial charge < -0.3 is 15.0 Å². The Bertz CT molecular complexity index is 569. The summed E-state index contributed by atoms with van der Waals surface area (Å²) in [7, 11) is 0. The average molecular weight is 328 g/mol. The molecule has 1 aliphatic heterocycles. The molecule has 2 atom stereocenters. The number of nitrogens with zero attached hydrogens (tertiary/aromatic N) is 1. The third-order valence-electron chi connectivity index (χ3n) is 4.30. The highest BCUT2D eigenvalue weighted by molar-refractivity contribution is 5.83. The fraction of sp³-hybridized carbons (Fsp3) is 0.562. The molecule has 3 rings (SSSR count). The average Bonchev–Trinajstić information content (AvgIpc) is 3.29. The smallest absolute Gasteiger partial charge is 0.405 e. The first kappa shape index (κ1) is 16.1. The molecular weight excluding hydrogens is 309 g/mol. The van der Waals surface area contributed by atoms with Crippen LogP contribution in [0.25, 0.3) is 0 Å². The number of hydrogen-bond donors (Lipinski definition) is 1. The molecule has 1 heterocycles. The van der Waals surface area contributed by atoms with E-state index in [0.29, 0.717) is 25.1 Å². The third-order valence-corrected chi connectivity index (χ3v) is 4.30. The number of nitrogens with one attached hydrogen (secondary N) is 1. The summed E-state index contributed by atoms with van der Waals surface area (Å²) in [5.41, 5.74) is 0.469. The molecular formula is C16H19F3N2O2. The molecule has 1 aliphatic carbocycles. The van der Waals surface area contributed by atoms with Crippen molar-refractivity contribution in [2.24, 2.45) is 5.92 Å². The van der Waals surface area contributed by atoms with Gasteiger partial charge in [-0.05, 0) is 36.9 Å². The number of carbonyl (C=O) groups is 1. The number of para-hydroxylation sites is 1. The Labute approximate surface area is 132 Å². The summed E-state index contributed by atoms with van der Waals surface area (Å²) in [5.74, 6) is -0.568. The number of amides is 1. The molecule has 1 saturated carbocycles. The van der Waals surface area contributed by atoms with E-state index in [9.17, 15) is 18.0 Å². The number of carbonyl (C=O) groups excluding carboxylic acids is 1. The fourth-order valence-corrected chi connectivity index (χ4v) is 3.12. The van der Waals surface area contributed by atoms with Gasteiger partial charge >= 0.3 is 6.36 Å². The van der Waals surface area contributed by atoms with E-state index in [2.05, 4.69) is 10.1 Å². The lowest BCUT2D eigenvalue weighted by Crippen LogP contribution is -2.35. The van der Waals surface area contributed by atoms with E-state index in [-0.39, 0.29) is 23.5 Å². The van der Waals surface area contributed by atoms with E-state index in [1.165, 1.54) is 12.1 Å². The summed E-state index contributed by atoms with van der Waals surface area (Å²) in [4.78, 5) is 14.3. The molecule has 1 aromatic carbocycles. The van der Waals surface area contributed by atoms with Crippen LogP contribution in [0.1, 0.15) is 24.3 Å². The van der Waals surface area contributed by atoms with Crippen LogP contribution in [0.5, 0.6) is 5.75 Å². The Balaban J connectivity index is 1.69. The number of ether oxygens (including phenoxy) is 1. The van der Waals surface area contributed by atoms with Crippen molar-refractivity contribution in [3.05, 3.63) is 29.8 Å². The molecule has 0 unspecified atom stereocenters. The van der Waals surface area contributed by atoms with Crippen molar-refractivity contribution in [3.63, 3.8) is 0 Å². The zero-order chi connectivity index (χ0) is 16.4. The SMILES string of the molecule is O=C([C@H]1C[C@@H]1c1ccccc1OC(F)(F)F)N1CCCNCC1. The quantitative estimate of drug-likeness (QED) is 0.927. The first-order valence-corrected chi connectivity index (χ1v) is 7.80. The molecule has 7 heteroatoms. The zero-order valence-electron chi connectivity index (χ0n) is 12.6. The Kier molecular flexibility index (Phi) is 4.48. The van der Waals surface area contributed by atoms with Crippen LogP contribution < -0.4 is 10.1 Å². The Morgan fingerprint density at radius 2 is 2.00 bits per heavy atom. The van der Waals surface area contributed by atoms with Crippen LogP contribution in [0.2, 0.25) is 0 Å². The first-order chi connectivity index (χ1) is 11.0. The largest absolute Gasteiger partial charge is 0.573 e. The molecule has 1 amide bonds. The lowest BCUT2D eigenvalue weighted by Gasteiger charge is -2.20. The van der Waals surface area contributed by atoms with Gasteiger partial charge in [0.05, 0.1) is 0 Å². The van der Waals surface area contributed by atoms with Crippen molar-refractivity contribution >= 4 is 5.91 Å². The van der Waals surface area contributed by atoms with Crippen molar-refractivity contribution in [2.75, 3.05) is 26.2 Å². The maximum atomic E-state index is 12.5. The second-order valence-electron chi connectivity index (χ2n) is 5.96. The van der Waals surface area contributed by atoms with Gasteiger partial charge in [-0.2, -0.15) is 0 Å². The predicted molar refractivity (Wildman–Crippen MR) is 78.0 cm³/mol. The van der Waals surface area contributed by atoms with Crippen molar-refractivity contribution in [3.8, 4) is 5.75 Å². The van der Waals surface area contributed by atoms with E-state index < -0.39 is 6.36 Å². The highest BCUT2D eigenvalue weighted by Gasteiger charge is 2.47. The van der Waals surface area contributed by atoms with Gasteiger partial charge in [0, 0.05) is 25.6 Å².